The molecule has 0 nitrogen and oxygen atoms in total. The third-order valence-corrected chi connectivity index (χ3v) is 2.17. The number of allylic oxidation sites excluding steroid dienone is 1. The third kappa shape index (κ3) is 3.08. The molecule has 0 aromatic heterocycles. The summed E-state index contributed by atoms with van der Waals surface area (Å²) in [5.41, 5.74) is -0.757. The van der Waals surface area contributed by atoms with Gasteiger partial charge in [0.05, 0.1) is 5.56 Å². The second kappa shape index (κ2) is 4.68. The van der Waals surface area contributed by atoms with Gasteiger partial charge in [0.1, 0.15) is 5.82 Å². The molecule has 1 rings (SSSR count). The Kier molecular flexibility index (Phi) is 3.73. The standard InChI is InChI=1S/C12H11F4/c1-3-4-8(2)9-5-10(12(14,15)16)7-11(13)6-9/h3,5-8H,1-2,4H2. The predicted molar refractivity (Wildman–Crippen MR) is 54.3 cm³/mol. The van der Waals surface area contributed by atoms with Crippen molar-refractivity contribution < 1.29 is 17.6 Å². The van der Waals surface area contributed by atoms with Crippen LogP contribution < -0.4 is 0 Å². The molecule has 0 amide bonds. The van der Waals surface area contributed by atoms with E-state index in [1.807, 2.05) is 0 Å². The van der Waals surface area contributed by atoms with Crippen LogP contribution in [0, 0.1) is 12.7 Å². The van der Waals surface area contributed by atoms with Crippen molar-refractivity contribution in [3.63, 3.8) is 0 Å². The van der Waals surface area contributed by atoms with Crippen molar-refractivity contribution in [1.29, 1.82) is 0 Å². The van der Waals surface area contributed by atoms with Crippen LogP contribution in [0.15, 0.2) is 30.9 Å². The molecule has 0 heterocycles. The van der Waals surface area contributed by atoms with Crippen molar-refractivity contribution in [1.82, 2.24) is 0 Å². The fraction of sp³-hybridized carbons (Fsp3) is 0.250. The summed E-state index contributed by atoms with van der Waals surface area (Å²) in [5, 5.41) is 0. The number of hydrogen-bond donors (Lipinski definition) is 0. The zero-order valence-corrected chi connectivity index (χ0v) is 8.52. The van der Waals surface area contributed by atoms with Gasteiger partial charge in [-0.1, -0.05) is 6.08 Å². The first-order chi connectivity index (χ1) is 7.34. The molecule has 1 radical (unpaired) electrons. The first kappa shape index (κ1) is 12.7. The van der Waals surface area contributed by atoms with Gasteiger partial charge in [0, 0.05) is 0 Å². The molecule has 0 saturated heterocycles. The predicted octanol–water partition coefficient (Wildman–Crippen LogP) is 4.34. The summed E-state index contributed by atoms with van der Waals surface area (Å²) in [6, 6.07) is 2.46. The Morgan fingerprint density at radius 1 is 1.25 bits per heavy atom. The van der Waals surface area contributed by atoms with Crippen LogP contribution in [0.4, 0.5) is 17.6 Å². The van der Waals surface area contributed by atoms with Gasteiger partial charge < -0.3 is 0 Å². The van der Waals surface area contributed by atoms with Gasteiger partial charge in [-0.3, -0.25) is 0 Å². The van der Waals surface area contributed by atoms with Gasteiger partial charge in [-0.15, -0.1) is 6.58 Å². The summed E-state index contributed by atoms with van der Waals surface area (Å²) in [6.45, 7) is 7.12. The van der Waals surface area contributed by atoms with Crippen LogP contribution in [0.2, 0.25) is 0 Å². The molecule has 1 aromatic carbocycles. The highest BCUT2D eigenvalue weighted by atomic mass is 19.4. The van der Waals surface area contributed by atoms with E-state index in [1.54, 1.807) is 0 Å². The number of halogens is 4. The Labute approximate surface area is 91.6 Å². The Balaban J connectivity index is 3.12. The second-order valence-electron chi connectivity index (χ2n) is 3.49. The molecule has 0 fully saturated rings. The minimum atomic E-state index is -4.54. The monoisotopic (exact) mass is 231 g/mol. The Bertz CT molecular complexity index is 379. The van der Waals surface area contributed by atoms with Crippen LogP contribution in [-0.4, -0.2) is 0 Å². The molecule has 0 spiro atoms. The molecular formula is C12H11F4. The highest BCUT2D eigenvalue weighted by Crippen LogP contribution is 2.32. The van der Waals surface area contributed by atoms with Gasteiger partial charge in [-0.05, 0) is 43.0 Å². The van der Waals surface area contributed by atoms with E-state index >= 15 is 0 Å². The fourth-order valence-corrected chi connectivity index (χ4v) is 1.35. The van der Waals surface area contributed by atoms with E-state index in [0.717, 1.165) is 12.1 Å². The van der Waals surface area contributed by atoms with E-state index in [4.69, 9.17) is 0 Å². The van der Waals surface area contributed by atoms with E-state index in [0.29, 0.717) is 12.5 Å². The lowest BCUT2D eigenvalue weighted by molar-refractivity contribution is -0.137. The largest absolute Gasteiger partial charge is 0.416 e. The SMILES string of the molecule is [CH2]C(CC=C)c1cc(F)cc(C(F)(F)F)c1. The maximum absolute atomic E-state index is 13.0. The molecule has 0 aliphatic carbocycles. The number of hydrogen-bond acceptors (Lipinski definition) is 0. The molecule has 0 bridgehead atoms. The van der Waals surface area contributed by atoms with Crippen molar-refractivity contribution in [2.24, 2.45) is 0 Å². The normalized spacial score (nSPS) is 13.6. The van der Waals surface area contributed by atoms with Crippen molar-refractivity contribution in [3.8, 4) is 0 Å². The summed E-state index contributed by atoms with van der Waals surface area (Å²) in [5.74, 6) is -1.32. The van der Waals surface area contributed by atoms with Gasteiger partial charge >= 0.3 is 6.18 Å². The molecule has 1 atom stereocenters. The average molecular weight is 231 g/mol. The van der Waals surface area contributed by atoms with Gasteiger partial charge in [0.15, 0.2) is 0 Å². The zero-order valence-electron chi connectivity index (χ0n) is 8.52. The summed E-state index contributed by atoms with van der Waals surface area (Å²) in [4.78, 5) is 0. The molecule has 0 aliphatic heterocycles. The van der Waals surface area contributed by atoms with Crippen LogP contribution in [0.1, 0.15) is 23.5 Å². The molecule has 0 saturated carbocycles. The summed E-state index contributed by atoms with van der Waals surface area (Å²) in [7, 11) is 0. The van der Waals surface area contributed by atoms with E-state index in [-0.39, 0.29) is 5.56 Å². The summed E-state index contributed by atoms with van der Waals surface area (Å²) >= 11 is 0. The lowest BCUT2D eigenvalue weighted by atomic mass is 9.96. The fourth-order valence-electron chi connectivity index (χ4n) is 1.35. The molecule has 1 unspecified atom stereocenters. The van der Waals surface area contributed by atoms with Gasteiger partial charge in [0.25, 0.3) is 0 Å². The third-order valence-electron chi connectivity index (χ3n) is 2.17. The van der Waals surface area contributed by atoms with Crippen LogP contribution >= 0.6 is 0 Å². The minimum Gasteiger partial charge on any atom is -0.207 e. The smallest absolute Gasteiger partial charge is 0.207 e. The quantitative estimate of drug-likeness (QED) is 0.536. The Morgan fingerprint density at radius 2 is 1.88 bits per heavy atom. The molecular weight excluding hydrogens is 220 g/mol. The van der Waals surface area contributed by atoms with Gasteiger partial charge in [0.2, 0.25) is 0 Å². The van der Waals surface area contributed by atoms with Gasteiger partial charge in [-0.25, -0.2) is 4.39 Å². The van der Waals surface area contributed by atoms with Crippen LogP contribution in [-0.2, 0) is 6.18 Å². The first-order valence-electron chi connectivity index (χ1n) is 4.66. The molecule has 1 aromatic rings. The average Bonchev–Trinajstić information content (AvgIpc) is 2.16. The van der Waals surface area contributed by atoms with Crippen LogP contribution in [0.5, 0.6) is 0 Å². The molecule has 87 valence electrons. The molecule has 0 aliphatic rings. The van der Waals surface area contributed by atoms with Crippen LogP contribution in [0.25, 0.3) is 0 Å². The van der Waals surface area contributed by atoms with E-state index < -0.39 is 23.5 Å². The Hall–Kier alpha value is -1.32. The summed E-state index contributed by atoms with van der Waals surface area (Å²) in [6.07, 6.45) is -2.60. The van der Waals surface area contributed by atoms with Crippen molar-refractivity contribution in [2.75, 3.05) is 0 Å². The maximum atomic E-state index is 13.0. The number of benzene rings is 1. The minimum absolute atomic E-state index is 0.229. The van der Waals surface area contributed by atoms with Crippen LogP contribution in [0.3, 0.4) is 0 Å². The highest BCUT2D eigenvalue weighted by molar-refractivity contribution is 5.30. The lowest BCUT2D eigenvalue weighted by Crippen LogP contribution is -2.07. The maximum Gasteiger partial charge on any atom is 0.416 e. The topological polar surface area (TPSA) is 0 Å². The van der Waals surface area contributed by atoms with Gasteiger partial charge in [-0.2, -0.15) is 13.2 Å². The summed E-state index contributed by atoms with van der Waals surface area (Å²) < 4.78 is 50.2. The molecule has 0 N–H and O–H groups in total. The molecule has 16 heavy (non-hydrogen) atoms. The Morgan fingerprint density at radius 3 is 2.38 bits per heavy atom. The highest BCUT2D eigenvalue weighted by Gasteiger charge is 2.31. The van der Waals surface area contributed by atoms with Crippen molar-refractivity contribution in [2.45, 2.75) is 18.5 Å². The first-order valence-corrected chi connectivity index (χ1v) is 4.66. The molecule has 4 heteroatoms. The number of alkyl halides is 3. The van der Waals surface area contributed by atoms with Crippen molar-refractivity contribution in [3.05, 3.63) is 54.7 Å². The van der Waals surface area contributed by atoms with E-state index in [9.17, 15) is 17.6 Å². The van der Waals surface area contributed by atoms with Crippen molar-refractivity contribution >= 4 is 0 Å². The van der Waals surface area contributed by atoms with E-state index in [1.165, 1.54) is 6.08 Å². The lowest BCUT2D eigenvalue weighted by Gasteiger charge is -2.13. The second-order valence-corrected chi connectivity index (χ2v) is 3.49. The zero-order chi connectivity index (χ0) is 12.3. The number of rotatable bonds is 3. The van der Waals surface area contributed by atoms with E-state index in [2.05, 4.69) is 13.5 Å².